The summed E-state index contributed by atoms with van der Waals surface area (Å²) in [7, 11) is 1.60. The van der Waals surface area contributed by atoms with E-state index in [0.29, 0.717) is 24.6 Å². The molecule has 0 N–H and O–H groups in total. The van der Waals surface area contributed by atoms with Crippen molar-refractivity contribution in [2.45, 2.75) is 51.4 Å². The maximum atomic E-state index is 12.6. The smallest absolute Gasteiger partial charge is 0.217 e. The second kappa shape index (κ2) is 9.31. The van der Waals surface area contributed by atoms with E-state index < -0.39 is 0 Å². The first kappa shape index (κ1) is 19.1. The first-order valence-corrected chi connectivity index (χ1v) is 9.57. The summed E-state index contributed by atoms with van der Waals surface area (Å²) in [5.74, 6) is 0.943. The molecule has 3 aromatic rings. The van der Waals surface area contributed by atoms with E-state index in [-0.39, 0.29) is 11.7 Å². The molecule has 2 heterocycles. The van der Waals surface area contributed by atoms with Crippen molar-refractivity contribution < 1.29 is 13.9 Å². The Balaban J connectivity index is 1.89. The monoisotopic (exact) mass is 366 g/mol. The van der Waals surface area contributed by atoms with Crippen molar-refractivity contribution in [3.8, 4) is 5.88 Å². The molecule has 0 amide bonds. The molecule has 2 aromatic heterocycles. The van der Waals surface area contributed by atoms with Crippen LogP contribution < -0.4 is 4.74 Å². The zero-order chi connectivity index (χ0) is 19.1. The number of nitrogens with zero attached hydrogens (tertiary/aromatic N) is 2. The summed E-state index contributed by atoms with van der Waals surface area (Å²) in [4.78, 5) is 21.5. The van der Waals surface area contributed by atoms with E-state index in [1.165, 1.54) is 12.7 Å². The van der Waals surface area contributed by atoms with Crippen molar-refractivity contribution in [2.24, 2.45) is 0 Å². The average molecular weight is 366 g/mol. The maximum Gasteiger partial charge on any atom is 0.217 e. The third kappa shape index (κ3) is 4.73. The second-order valence-corrected chi connectivity index (χ2v) is 6.76. The summed E-state index contributed by atoms with van der Waals surface area (Å²) in [5.41, 5.74) is 1.69. The van der Waals surface area contributed by atoms with Crippen LogP contribution in [-0.4, -0.2) is 22.9 Å². The Bertz CT molecular complexity index is 874. The molecule has 0 spiro atoms. The van der Waals surface area contributed by atoms with Gasteiger partial charge in [0.15, 0.2) is 0 Å². The van der Waals surface area contributed by atoms with Gasteiger partial charge in [-0.3, -0.25) is 4.79 Å². The van der Waals surface area contributed by atoms with E-state index in [4.69, 9.17) is 9.15 Å². The summed E-state index contributed by atoms with van der Waals surface area (Å²) in [5, 5.41) is 1.00. The lowest BCUT2D eigenvalue weighted by molar-refractivity contribution is -0.119. The molecule has 0 aliphatic heterocycles. The number of hydrogen-bond acceptors (Lipinski definition) is 5. The number of fused-ring (bicyclic) bond motifs is 1. The fourth-order valence-electron chi connectivity index (χ4n) is 3.34. The Morgan fingerprint density at radius 1 is 1.22 bits per heavy atom. The standard InChI is InChI=1S/C22H26N2O3/c1-3-4-5-6-10-17(25)15-19(21-23-12-13-27-21)18-14-16-9-7-8-11-20(16)24-22(18)26-2/h7-9,11-14,19H,3-6,10,15H2,1-2H3. The van der Waals surface area contributed by atoms with Crippen LogP contribution in [0, 0.1) is 0 Å². The molecular weight excluding hydrogens is 340 g/mol. The molecule has 0 aliphatic rings. The van der Waals surface area contributed by atoms with Crippen molar-refractivity contribution in [2.75, 3.05) is 7.11 Å². The predicted molar refractivity (Wildman–Crippen MR) is 105 cm³/mol. The zero-order valence-corrected chi connectivity index (χ0v) is 16.0. The number of oxazole rings is 1. The van der Waals surface area contributed by atoms with Crippen molar-refractivity contribution in [1.82, 2.24) is 9.97 Å². The highest BCUT2D eigenvalue weighted by molar-refractivity contribution is 5.82. The lowest BCUT2D eigenvalue weighted by atomic mass is 9.91. The van der Waals surface area contributed by atoms with Crippen LogP contribution in [0.4, 0.5) is 0 Å². The van der Waals surface area contributed by atoms with Gasteiger partial charge < -0.3 is 9.15 Å². The van der Waals surface area contributed by atoms with Gasteiger partial charge in [-0.25, -0.2) is 9.97 Å². The molecule has 1 atom stereocenters. The van der Waals surface area contributed by atoms with Crippen LogP contribution in [0.5, 0.6) is 5.88 Å². The Hall–Kier alpha value is -2.69. The number of ketones is 1. The van der Waals surface area contributed by atoms with E-state index in [0.717, 1.165) is 35.7 Å². The Kier molecular flexibility index (Phi) is 6.58. The molecule has 142 valence electrons. The van der Waals surface area contributed by atoms with Gasteiger partial charge in [-0.05, 0) is 18.6 Å². The fourth-order valence-corrected chi connectivity index (χ4v) is 3.34. The molecule has 1 aromatic carbocycles. The van der Waals surface area contributed by atoms with Crippen molar-refractivity contribution in [3.05, 3.63) is 54.2 Å². The van der Waals surface area contributed by atoms with Gasteiger partial charge >= 0.3 is 0 Å². The quantitative estimate of drug-likeness (QED) is 0.456. The molecule has 0 saturated heterocycles. The molecule has 0 aliphatic carbocycles. The fraction of sp³-hybridized carbons (Fsp3) is 0.409. The van der Waals surface area contributed by atoms with Gasteiger partial charge in [-0.1, -0.05) is 44.4 Å². The van der Waals surface area contributed by atoms with Gasteiger partial charge in [0.1, 0.15) is 12.0 Å². The molecule has 5 nitrogen and oxygen atoms in total. The molecular formula is C22H26N2O3. The lowest BCUT2D eigenvalue weighted by Gasteiger charge is -2.17. The van der Waals surface area contributed by atoms with Gasteiger partial charge in [0.2, 0.25) is 11.8 Å². The van der Waals surface area contributed by atoms with E-state index in [2.05, 4.69) is 16.9 Å². The Morgan fingerprint density at radius 3 is 2.81 bits per heavy atom. The summed E-state index contributed by atoms with van der Waals surface area (Å²) in [6, 6.07) is 9.89. The number of aromatic nitrogens is 2. The van der Waals surface area contributed by atoms with Gasteiger partial charge in [-0.2, -0.15) is 0 Å². The van der Waals surface area contributed by atoms with Gasteiger partial charge in [-0.15, -0.1) is 0 Å². The number of pyridine rings is 1. The summed E-state index contributed by atoms with van der Waals surface area (Å²) < 4.78 is 11.1. The minimum atomic E-state index is -0.300. The Labute approximate surface area is 159 Å². The number of unbranched alkanes of at least 4 members (excludes halogenated alkanes) is 3. The zero-order valence-electron chi connectivity index (χ0n) is 16.0. The van der Waals surface area contributed by atoms with Crippen LogP contribution in [0.15, 0.2) is 47.2 Å². The number of Topliss-reactive ketones (excluding diaryl/α,β-unsaturated/α-hetero) is 1. The highest BCUT2D eigenvalue weighted by Crippen LogP contribution is 2.35. The number of carbonyl (C=O) groups is 1. The SMILES string of the molecule is CCCCCCC(=O)CC(c1ncco1)c1cc2ccccc2nc1OC. The maximum absolute atomic E-state index is 12.6. The van der Waals surface area contributed by atoms with Gasteiger partial charge in [0.25, 0.3) is 0 Å². The highest BCUT2D eigenvalue weighted by atomic mass is 16.5. The summed E-state index contributed by atoms with van der Waals surface area (Å²) in [6.45, 7) is 2.17. The lowest BCUT2D eigenvalue weighted by Crippen LogP contribution is -2.11. The van der Waals surface area contributed by atoms with Crippen LogP contribution >= 0.6 is 0 Å². The normalized spacial score (nSPS) is 12.2. The molecule has 5 heteroatoms. The van der Waals surface area contributed by atoms with E-state index >= 15 is 0 Å². The van der Waals surface area contributed by atoms with Crippen LogP contribution in [0.25, 0.3) is 10.9 Å². The number of benzene rings is 1. The number of methoxy groups -OCH3 is 1. The second-order valence-electron chi connectivity index (χ2n) is 6.76. The van der Waals surface area contributed by atoms with Crippen LogP contribution in [0.2, 0.25) is 0 Å². The average Bonchev–Trinajstić information content (AvgIpc) is 3.23. The molecule has 0 saturated carbocycles. The molecule has 3 rings (SSSR count). The molecule has 1 unspecified atom stereocenters. The number of hydrogen-bond donors (Lipinski definition) is 0. The molecule has 0 bridgehead atoms. The number of para-hydroxylation sites is 1. The third-order valence-electron chi connectivity index (χ3n) is 4.78. The van der Waals surface area contributed by atoms with E-state index in [1.807, 2.05) is 30.3 Å². The van der Waals surface area contributed by atoms with Gasteiger partial charge in [0, 0.05) is 23.8 Å². The first-order chi connectivity index (χ1) is 13.2. The van der Waals surface area contributed by atoms with Crippen molar-refractivity contribution >= 4 is 16.7 Å². The van der Waals surface area contributed by atoms with E-state index in [1.54, 1.807) is 13.3 Å². The van der Waals surface area contributed by atoms with Crippen LogP contribution in [-0.2, 0) is 4.79 Å². The largest absolute Gasteiger partial charge is 0.481 e. The highest BCUT2D eigenvalue weighted by Gasteiger charge is 2.26. The van der Waals surface area contributed by atoms with Gasteiger partial charge in [0.05, 0.1) is 24.7 Å². The summed E-state index contributed by atoms with van der Waals surface area (Å²) in [6.07, 6.45) is 8.41. The Morgan fingerprint density at radius 2 is 2.07 bits per heavy atom. The van der Waals surface area contributed by atoms with E-state index in [9.17, 15) is 4.79 Å². The molecule has 0 fully saturated rings. The molecule has 0 radical (unpaired) electrons. The third-order valence-corrected chi connectivity index (χ3v) is 4.78. The number of rotatable bonds is 10. The predicted octanol–water partition coefficient (Wildman–Crippen LogP) is 5.29. The van der Waals surface area contributed by atoms with Crippen LogP contribution in [0.3, 0.4) is 0 Å². The van der Waals surface area contributed by atoms with Crippen molar-refractivity contribution in [1.29, 1.82) is 0 Å². The topological polar surface area (TPSA) is 65.2 Å². The van der Waals surface area contributed by atoms with Crippen molar-refractivity contribution in [3.63, 3.8) is 0 Å². The minimum absolute atomic E-state index is 0.213. The number of ether oxygens (including phenoxy) is 1. The molecule has 27 heavy (non-hydrogen) atoms. The first-order valence-electron chi connectivity index (χ1n) is 9.57. The summed E-state index contributed by atoms with van der Waals surface area (Å²) >= 11 is 0. The minimum Gasteiger partial charge on any atom is -0.481 e. The number of carbonyl (C=O) groups excluding carboxylic acids is 1. The van der Waals surface area contributed by atoms with Crippen LogP contribution in [0.1, 0.15) is 62.8 Å².